The molecule has 34 nitrogen and oxygen atoms in total. The standard InChI is InChI=1S/C31H31F2NO7.C27H27N9O6S.C27H29N5O6S/c1-15(2)11-19-6-8-22-25(17-5-10-23-24(14-17)41-31(32,33)40-23)27(30(37)38)26(28(22)34-19)21-9-7-20(39-4)13-18(21)12-16(3)29(35)36;1-16(2)17-8-10-18(11-9-17)43(38,39)34-24-22(42-21-7-5-4-6-20(21)40-3)27(41-15-14-37)31-26(30-24)25-28-13-12-19(29-25)23-32-35-36-33-23;1-27(2,3)18-10-12-19(13-11-18)39(34,35)32-23-22(38-21-9-6-5-8-20(21)36-4)26(37-17-16-33)31-25(30-23)24-28-14-7-15-29-24/h5-10,13-16,25-27H,11-12H2,1-4H3,(H,35,36)(H,37,38);4-13,16,37H,14-15H2,1-3H3,(H,30,31,34)(H,32,33,35,36);5-15,33H,16-17H2,1-4H3,(H,30,31,32)/t16?,25?,26-,27+;;/m0../s1. The molecule has 12 aromatic rings. The summed E-state index contributed by atoms with van der Waals surface area (Å²) in [5.74, 6) is -4.36. The van der Waals surface area contributed by atoms with Crippen molar-refractivity contribution >= 4 is 43.6 Å². The molecule has 38 heteroatoms. The number of hydrogen-bond donors (Lipinski definition) is 7. The van der Waals surface area contributed by atoms with Crippen LogP contribution in [0.2, 0.25) is 0 Å². The average Bonchev–Trinajstić information content (AvgIpc) is 1.57. The third-order valence-corrected chi connectivity index (χ3v) is 21.8. The zero-order valence-electron chi connectivity index (χ0n) is 68.3. The van der Waals surface area contributed by atoms with Gasteiger partial charge in [0.1, 0.15) is 24.7 Å². The highest BCUT2D eigenvalue weighted by molar-refractivity contribution is 7.93. The molecule has 4 atom stereocenters. The van der Waals surface area contributed by atoms with E-state index in [0.717, 1.165) is 16.8 Å². The van der Waals surface area contributed by atoms with Crippen LogP contribution in [0.5, 0.6) is 63.5 Å². The number of halogens is 2. The molecule has 0 amide bonds. The van der Waals surface area contributed by atoms with Crippen molar-refractivity contribution in [2.24, 2.45) is 17.8 Å². The number of carbonyl (C=O) groups is 2. The number of anilines is 2. The number of sulfonamides is 2. The van der Waals surface area contributed by atoms with E-state index >= 15 is 0 Å². The monoisotopic (exact) mass is 1720 g/mol. The van der Waals surface area contributed by atoms with Gasteiger partial charge in [-0.2, -0.15) is 15.2 Å². The number of alkyl halides is 2. The quantitative estimate of drug-likeness (QED) is 0.0212. The van der Waals surface area contributed by atoms with Crippen LogP contribution in [0.1, 0.15) is 118 Å². The zero-order chi connectivity index (χ0) is 88.1. The van der Waals surface area contributed by atoms with Crippen LogP contribution >= 0.6 is 0 Å². The summed E-state index contributed by atoms with van der Waals surface area (Å²) in [6, 6.07) is 43.0. The minimum atomic E-state index is -4.20. The molecule has 123 heavy (non-hydrogen) atoms. The van der Waals surface area contributed by atoms with Crippen molar-refractivity contribution in [3.63, 3.8) is 0 Å². The summed E-state index contributed by atoms with van der Waals surface area (Å²) in [6.07, 6.45) is 1.45. The van der Waals surface area contributed by atoms with E-state index in [0.29, 0.717) is 63.2 Å². The highest BCUT2D eigenvalue weighted by Gasteiger charge is 2.50. The predicted octanol–water partition coefficient (Wildman–Crippen LogP) is 13.3. The number of tetrazole rings is 1. The van der Waals surface area contributed by atoms with E-state index in [-0.39, 0.29) is 141 Å². The Bertz CT molecular complexity index is 5990. The van der Waals surface area contributed by atoms with Gasteiger partial charge in [0.15, 0.2) is 57.8 Å². The normalized spacial score (nSPS) is 14.7. The molecule has 7 heterocycles. The van der Waals surface area contributed by atoms with Crippen LogP contribution in [-0.4, -0.2) is 169 Å². The van der Waals surface area contributed by atoms with Gasteiger partial charge in [-0.3, -0.25) is 24.0 Å². The van der Waals surface area contributed by atoms with Crippen molar-refractivity contribution < 1.29 is 98.3 Å². The number of methoxy groups -OCH3 is 3. The second kappa shape index (κ2) is 38.3. The minimum absolute atomic E-state index is 0.00160. The van der Waals surface area contributed by atoms with Crippen LogP contribution in [0.3, 0.4) is 0 Å². The van der Waals surface area contributed by atoms with Crippen molar-refractivity contribution in [2.45, 2.75) is 107 Å². The highest BCUT2D eigenvalue weighted by Crippen LogP contribution is 2.55. The number of carboxylic acid groups (broad SMARTS) is 2. The van der Waals surface area contributed by atoms with Gasteiger partial charge < -0.3 is 63.1 Å². The lowest BCUT2D eigenvalue weighted by atomic mass is 9.78. The van der Waals surface area contributed by atoms with E-state index in [9.17, 15) is 55.6 Å². The lowest BCUT2D eigenvalue weighted by Gasteiger charge is -2.25. The van der Waals surface area contributed by atoms with E-state index in [1.165, 1.54) is 76.3 Å². The van der Waals surface area contributed by atoms with Gasteiger partial charge in [0.2, 0.25) is 29.0 Å². The number of benzene rings is 6. The first kappa shape index (κ1) is 88.6. The number of aliphatic hydroxyl groups excluding tert-OH is 2. The van der Waals surface area contributed by atoms with E-state index in [4.69, 9.17) is 38.1 Å². The van der Waals surface area contributed by atoms with Crippen molar-refractivity contribution in [2.75, 3.05) is 57.2 Å². The third kappa shape index (κ3) is 21.2. The van der Waals surface area contributed by atoms with Gasteiger partial charge >= 0.3 is 18.2 Å². The number of aromatic amines is 1. The van der Waals surface area contributed by atoms with Crippen molar-refractivity contribution in [3.05, 3.63) is 221 Å². The number of carboxylic acids is 2. The number of aromatic nitrogens is 13. The second-order valence-electron chi connectivity index (χ2n) is 29.6. The van der Waals surface area contributed by atoms with Crippen LogP contribution in [-0.2, 0) is 47.9 Å². The maximum absolute atomic E-state index is 13.8. The maximum Gasteiger partial charge on any atom is 0.586 e. The number of ether oxygens (including phenoxy) is 9. The largest absolute Gasteiger partial charge is 0.586 e. The number of nitrogens with zero attached hydrogens (tertiary/aromatic N) is 12. The van der Waals surface area contributed by atoms with Crippen LogP contribution in [0.25, 0.3) is 34.8 Å². The Balaban J connectivity index is 0.000000169. The van der Waals surface area contributed by atoms with E-state index in [1.54, 1.807) is 116 Å². The Kier molecular flexibility index (Phi) is 27.6. The van der Waals surface area contributed by atoms with Gasteiger partial charge in [-0.1, -0.05) is 122 Å². The maximum atomic E-state index is 13.8. The second-order valence-corrected chi connectivity index (χ2v) is 32.9. The molecule has 2 unspecified atom stereocenters. The number of H-pyrrole nitrogens is 1. The molecule has 0 radical (unpaired) electrons. The molecule has 1 aliphatic carbocycles. The summed E-state index contributed by atoms with van der Waals surface area (Å²) in [5.41, 5.74) is 5.88. The third-order valence-electron chi connectivity index (χ3n) is 19.1. The summed E-state index contributed by atoms with van der Waals surface area (Å²) < 4.78 is 136. The lowest BCUT2D eigenvalue weighted by Crippen LogP contribution is -2.26. The summed E-state index contributed by atoms with van der Waals surface area (Å²) in [6.45, 7) is 14.8. The lowest BCUT2D eigenvalue weighted by molar-refractivity contribution is -0.286. The number of fused-ring (bicyclic) bond motifs is 2. The summed E-state index contributed by atoms with van der Waals surface area (Å²) in [5, 5.41) is 52.9. The molecular weight excluding hydrogens is 1640 g/mol. The molecule has 642 valence electrons. The Hall–Kier alpha value is -13.7. The Morgan fingerprint density at radius 2 is 1.12 bits per heavy atom. The zero-order valence-corrected chi connectivity index (χ0v) is 69.9. The summed E-state index contributed by atoms with van der Waals surface area (Å²) >= 11 is 0. The van der Waals surface area contributed by atoms with Gasteiger partial charge in [0.05, 0.1) is 61.9 Å². The van der Waals surface area contributed by atoms with Crippen LogP contribution < -0.4 is 52.1 Å². The Morgan fingerprint density at radius 3 is 1.64 bits per heavy atom. The van der Waals surface area contributed by atoms with Gasteiger partial charge in [0, 0.05) is 36.1 Å². The van der Waals surface area contributed by atoms with Crippen molar-refractivity contribution in [1.82, 2.24) is 65.5 Å². The van der Waals surface area contributed by atoms with E-state index in [2.05, 4.69) is 93.3 Å². The van der Waals surface area contributed by atoms with Gasteiger partial charge in [-0.25, -0.2) is 46.7 Å². The van der Waals surface area contributed by atoms with Gasteiger partial charge in [0.25, 0.3) is 31.8 Å². The number of aliphatic hydroxyl groups is 2. The van der Waals surface area contributed by atoms with E-state index < -0.39 is 62.0 Å². The number of rotatable bonds is 31. The van der Waals surface area contributed by atoms with Crippen molar-refractivity contribution in [1.29, 1.82) is 0 Å². The molecule has 14 rings (SSSR count). The smallest absolute Gasteiger partial charge is 0.497 e. The highest BCUT2D eigenvalue weighted by atomic mass is 32.2. The molecular formula is C85H87F2N15O19S2. The molecule has 0 bridgehead atoms. The fourth-order valence-electron chi connectivity index (χ4n) is 13.2. The van der Waals surface area contributed by atoms with Crippen LogP contribution in [0, 0.1) is 17.8 Å². The first-order chi connectivity index (χ1) is 58.8. The molecule has 0 saturated carbocycles. The number of aliphatic carboxylic acids is 2. The first-order valence-electron chi connectivity index (χ1n) is 38.3. The average molecular weight is 1720 g/mol. The first-order valence-corrected chi connectivity index (χ1v) is 41.3. The fourth-order valence-corrected chi connectivity index (χ4v) is 15.2. The SMILES string of the molecule is COc1ccc([C@@H]2c3nc(CC(C)C)ccc3C(c3ccc4c(c3)OC(F)(F)O4)[C@H]2C(=O)O)c(CC(C)C(=O)O)c1.COc1ccccc1Oc1c(NS(=O)(=O)c2ccc(C(C)(C)C)cc2)nc(-c2ncccn2)nc1OCCO.COc1ccccc1Oc1c(NS(=O)(=O)c2ccc(C(C)C)cc2)nc(-c2nccc(-c3nn[nH]n3)n2)nc1OCCO. The summed E-state index contributed by atoms with van der Waals surface area (Å²) in [4.78, 5) is 64.4. The molecule has 0 spiro atoms. The molecule has 1 aliphatic heterocycles. The molecule has 0 fully saturated rings. The number of hydrogen-bond acceptors (Lipinski definition) is 29. The van der Waals surface area contributed by atoms with Crippen molar-refractivity contribution in [3.8, 4) is 98.3 Å². The van der Waals surface area contributed by atoms with E-state index in [1.807, 2.05) is 46.8 Å². The molecule has 7 N–H and O–H groups in total. The summed E-state index contributed by atoms with van der Waals surface area (Å²) in [7, 11) is -3.90. The molecule has 2 aliphatic rings. The number of para-hydroxylation sites is 4. The predicted molar refractivity (Wildman–Crippen MR) is 442 cm³/mol. The topological polar surface area (TPSA) is 461 Å². The Morgan fingerprint density at radius 1 is 0.569 bits per heavy atom. The number of nitrogens with one attached hydrogen (secondary N) is 3. The molecule has 6 aromatic carbocycles. The Labute approximate surface area is 705 Å². The van der Waals surface area contributed by atoms with Crippen LogP contribution in [0.15, 0.2) is 186 Å². The van der Waals surface area contributed by atoms with Crippen LogP contribution in [0.4, 0.5) is 20.4 Å². The molecule has 0 saturated heterocycles. The molecule has 6 aromatic heterocycles. The fraction of sp³-hybridized carbons (Fsp3) is 0.294. The van der Waals surface area contributed by atoms with Gasteiger partial charge in [-0.05, 0) is 160 Å². The van der Waals surface area contributed by atoms with Gasteiger partial charge in [-0.15, -0.1) is 19.0 Å². The number of pyridine rings is 1. The minimum Gasteiger partial charge on any atom is -0.497 e.